The average molecular weight is 452 g/mol. The lowest BCUT2D eigenvalue weighted by Crippen LogP contribution is -2.21. The van der Waals surface area contributed by atoms with Crippen LogP contribution in [0.3, 0.4) is 0 Å². The number of pyridine rings is 1. The second-order valence-electron chi connectivity index (χ2n) is 5.58. The zero-order chi connectivity index (χ0) is 22.9. The van der Waals surface area contributed by atoms with Gasteiger partial charge in [0.2, 0.25) is 5.88 Å². The van der Waals surface area contributed by atoms with Gasteiger partial charge in [-0.1, -0.05) is 7.43 Å². The summed E-state index contributed by atoms with van der Waals surface area (Å²) in [7, 11) is 0. The van der Waals surface area contributed by atoms with Crippen LogP contribution in [-0.4, -0.2) is 28.6 Å². The highest BCUT2D eigenvalue weighted by molar-refractivity contribution is 5.73. The highest BCUT2D eigenvalue weighted by Gasteiger charge is 2.38. The molecule has 2 heterocycles. The number of hydrogen-bond acceptors (Lipinski definition) is 7. The largest absolute Gasteiger partial charge is 0.573 e. The van der Waals surface area contributed by atoms with Crippen LogP contribution >= 0.6 is 0 Å². The number of nitrogens with two attached hydrogens (primary N) is 2. The molecule has 0 fully saturated rings. The van der Waals surface area contributed by atoms with E-state index in [4.69, 9.17) is 31.4 Å². The quantitative estimate of drug-likeness (QED) is 0.470. The van der Waals surface area contributed by atoms with E-state index in [0.29, 0.717) is 16.9 Å². The minimum absolute atomic E-state index is 0. The van der Waals surface area contributed by atoms with Crippen molar-refractivity contribution in [2.75, 3.05) is 11.5 Å². The number of carboxylic acid groups (broad SMARTS) is 1. The minimum Gasteiger partial charge on any atom is -0.475 e. The number of nitrogens with zero attached hydrogens (tertiary/aromatic N) is 2. The van der Waals surface area contributed by atoms with Crippen LogP contribution in [0.5, 0.6) is 17.4 Å². The van der Waals surface area contributed by atoms with Gasteiger partial charge in [-0.2, -0.15) is 23.4 Å². The van der Waals surface area contributed by atoms with Crippen molar-refractivity contribution in [1.82, 2.24) is 4.98 Å². The summed E-state index contributed by atoms with van der Waals surface area (Å²) in [5.74, 6) is -2.73. The molecular formula is C17H14F6N4O4. The molecule has 14 heteroatoms. The molecule has 0 spiro atoms. The maximum atomic E-state index is 12.3. The predicted molar refractivity (Wildman–Crippen MR) is 94.2 cm³/mol. The summed E-state index contributed by atoms with van der Waals surface area (Å²) < 4.78 is 78.0. The Kier molecular flexibility index (Phi) is 7.19. The van der Waals surface area contributed by atoms with Crippen molar-refractivity contribution in [3.05, 3.63) is 34.9 Å². The average Bonchev–Trinajstić information content (AvgIpc) is 2.59. The fraction of sp³-hybridized carbons (Fsp3) is 0.235. The van der Waals surface area contributed by atoms with E-state index < -0.39 is 18.5 Å². The van der Waals surface area contributed by atoms with E-state index in [1.807, 2.05) is 6.07 Å². The molecular weight excluding hydrogens is 438 g/mol. The third-order valence-corrected chi connectivity index (χ3v) is 3.52. The maximum Gasteiger partial charge on any atom is 0.573 e. The lowest BCUT2D eigenvalue weighted by molar-refractivity contribution is -0.274. The van der Waals surface area contributed by atoms with Crippen LogP contribution in [-0.2, 0) is 11.2 Å². The molecule has 31 heavy (non-hydrogen) atoms. The monoisotopic (exact) mass is 452 g/mol. The van der Waals surface area contributed by atoms with Crippen LogP contribution in [0, 0.1) is 11.3 Å². The van der Waals surface area contributed by atoms with Crippen LogP contribution in [0.25, 0.3) is 0 Å². The SMILES string of the molecule is C.N#Cc1c(N)nc2c(c1N)Cc1cc(OC(F)(F)F)ccc1O2.O=C(O)C(F)(F)F. The number of carbonyl (C=O) groups is 1. The van der Waals surface area contributed by atoms with E-state index in [-0.39, 0.29) is 42.5 Å². The molecule has 168 valence electrons. The van der Waals surface area contributed by atoms with Gasteiger partial charge in [-0.3, -0.25) is 0 Å². The Bertz CT molecular complexity index is 1030. The van der Waals surface area contributed by atoms with E-state index in [0.717, 1.165) is 6.07 Å². The van der Waals surface area contributed by atoms with Crippen molar-refractivity contribution in [3.63, 3.8) is 0 Å². The smallest absolute Gasteiger partial charge is 0.475 e. The molecule has 1 aliphatic rings. The van der Waals surface area contributed by atoms with Gasteiger partial charge >= 0.3 is 18.5 Å². The number of benzene rings is 1. The molecule has 8 nitrogen and oxygen atoms in total. The first-order valence-electron chi connectivity index (χ1n) is 7.57. The lowest BCUT2D eigenvalue weighted by atomic mass is 9.99. The molecule has 5 N–H and O–H groups in total. The Morgan fingerprint density at radius 1 is 1.23 bits per heavy atom. The van der Waals surface area contributed by atoms with Crippen molar-refractivity contribution in [1.29, 1.82) is 5.26 Å². The lowest BCUT2D eigenvalue weighted by Gasteiger charge is -2.22. The van der Waals surface area contributed by atoms with Crippen molar-refractivity contribution in [2.45, 2.75) is 26.4 Å². The summed E-state index contributed by atoms with van der Waals surface area (Å²) >= 11 is 0. The van der Waals surface area contributed by atoms with Gasteiger partial charge in [0.05, 0.1) is 5.69 Å². The minimum atomic E-state index is -5.08. The third kappa shape index (κ3) is 6.04. The molecule has 0 aliphatic carbocycles. The maximum absolute atomic E-state index is 12.3. The second kappa shape index (κ2) is 8.86. The molecule has 1 aromatic heterocycles. The standard InChI is InChI=1S/C14H9F3N4O2.C2HF3O2.CH4/c15-14(16,17)23-7-1-2-10-6(3-7)4-8-11(19)9(5-18)12(20)21-13(8)22-10;3-2(4,5)1(6)7;/h1-3H,4H2,(H4,19,20,21);(H,6,7);1H4. The zero-order valence-corrected chi connectivity index (χ0v) is 14.4. The molecule has 0 amide bonds. The summed E-state index contributed by atoms with van der Waals surface area (Å²) in [6.45, 7) is 0. The third-order valence-electron chi connectivity index (χ3n) is 3.52. The number of aliphatic carboxylic acids is 1. The number of rotatable bonds is 1. The molecule has 1 aromatic carbocycles. The Balaban J connectivity index is 0.000000523. The predicted octanol–water partition coefficient (Wildman–Crippen LogP) is 3.98. The van der Waals surface area contributed by atoms with E-state index >= 15 is 0 Å². The van der Waals surface area contributed by atoms with Gasteiger partial charge < -0.3 is 26.0 Å². The summed E-state index contributed by atoms with van der Waals surface area (Å²) in [5, 5.41) is 16.2. The molecule has 0 saturated carbocycles. The van der Waals surface area contributed by atoms with Crippen LogP contribution in [0.2, 0.25) is 0 Å². The van der Waals surface area contributed by atoms with E-state index in [1.165, 1.54) is 12.1 Å². The molecule has 0 atom stereocenters. The number of aromatic nitrogens is 1. The number of nitriles is 1. The summed E-state index contributed by atoms with van der Waals surface area (Å²) in [4.78, 5) is 12.9. The van der Waals surface area contributed by atoms with Gasteiger partial charge in [-0.25, -0.2) is 4.79 Å². The topological polar surface area (TPSA) is 144 Å². The van der Waals surface area contributed by atoms with Gasteiger partial charge in [0.1, 0.15) is 28.9 Å². The highest BCUT2D eigenvalue weighted by Crippen LogP contribution is 2.41. The normalized spacial score (nSPS) is 11.9. The zero-order valence-electron chi connectivity index (χ0n) is 14.4. The van der Waals surface area contributed by atoms with Crippen LogP contribution in [0.15, 0.2) is 18.2 Å². The van der Waals surface area contributed by atoms with Gasteiger partial charge in [0.15, 0.2) is 0 Å². The van der Waals surface area contributed by atoms with Crippen molar-refractivity contribution in [3.8, 4) is 23.4 Å². The number of fused-ring (bicyclic) bond motifs is 2. The van der Waals surface area contributed by atoms with Crippen LogP contribution in [0.4, 0.5) is 37.8 Å². The molecule has 1 aliphatic heterocycles. The Hall–Kier alpha value is -3.89. The number of alkyl halides is 6. The second-order valence-corrected chi connectivity index (χ2v) is 5.58. The Morgan fingerprint density at radius 2 is 1.81 bits per heavy atom. The van der Waals surface area contributed by atoms with Crippen molar-refractivity contribution < 1.29 is 45.7 Å². The van der Waals surface area contributed by atoms with E-state index in [2.05, 4.69) is 9.72 Å². The molecule has 0 bridgehead atoms. The number of ether oxygens (including phenoxy) is 2. The van der Waals surface area contributed by atoms with E-state index in [1.54, 1.807) is 0 Å². The highest BCUT2D eigenvalue weighted by atomic mass is 19.4. The number of carboxylic acids is 1. The number of nitrogen functional groups attached to an aromatic ring is 2. The summed E-state index contributed by atoms with van der Waals surface area (Å²) in [5.41, 5.74) is 12.4. The molecule has 3 rings (SSSR count). The Morgan fingerprint density at radius 3 is 2.29 bits per heavy atom. The number of hydrogen-bond donors (Lipinski definition) is 3. The van der Waals surface area contributed by atoms with Gasteiger partial charge in [0.25, 0.3) is 0 Å². The molecule has 0 radical (unpaired) electrons. The van der Waals surface area contributed by atoms with Gasteiger partial charge in [0, 0.05) is 17.5 Å². The van der Waals surface area contributed by atoms with Gasteiger partial charge in [-0.15, -0.1) is 13.2 Å². The summed E-state index contributed by atoms with van der Waals surface area (Å²) in [6.07, 6.45) is -9.72. The summed E-state index contributed by atoms with van der Waals surface area (Å²) in [6, 6.07) is 5.51. The van der Waals surface area contributed by atoms with Gasteiger partial charge in [-0.05, 0) is 18.2 Å². The first kappa shape index (κ1) is 25.1. The fourth-order valence-corrected chi connectivity index (χ4v) is 2.29. The first-order chi connectivity index (χ1) is 13.7. The van der Waals surface area contributed by atoms with Crippen molar-refractivity contribution in [2.24, 2.45) is 0 Å². The first-order valence-corrected chi connectivity index (χ1v) is 7.57. The number of halogens is 6. The van der Waals surface area contributed by atoms with Crippen LogP contribution in [0.1, 0.15) is 24.1 Å². The molecule has 2 aromatic rings. The van der Waals surface area contributed by atoms with E-state index in [9.17, 15) is 26.3 Å². The number of anilines is 2. The Labute approximate surface area is 170 Å². The molecule has 0 unspecified atom stereocenters. The molecule has 0 saturated heterocycles. The van der Waals surface area contributed by atoms with Crippen LogP contribution < -0.4 is 20.9 Å². The fourth-order valence-electron chi connectivity index (χ4n) is 2.29. The van der Waals surface area contributed by atoms with Crippen molar-refractivity contribution >= 4 is 17.5 Å².